The van der Waals surface area contributed by atoms with Gasteiger partial charge in [0.1, 0.15) is 0 Å². The smallest absolute Gasteiger partial charge is 0.390 e. The van der Waals surface area contributed by atoms with Gasteiger partial charge in [-0.1, -0.05) is 12.1 Å². The summed E-state index contributed by atoms with van der Waals surface area (Å²) in [7, 11) is 0. The average Bonchev–Trinajstić information content (AvgIpc) is 3.34. The number of rotatable bonds is 4. The highest BCUT2D eigenvalue weighted by atomic mass is 19.4. The van der Waals surface area contributed by atoms with Gasteiger partial charge in [-0.15, -0.1) is 0 Å². The van der Waals surface area contributed by atoms with Crippen LogP contribution in [0.5, 0.6) is 0 Å². The van der Waals surface area contributed by atoms with Crippen LogP contribution in [-0.2, 0) is 12.6 Å². The lowest BCUT2D eigenvalue weighted by Gasteiger charge is -2.19. The third-order valence-electron chi connectivity index (χ3n) is 5.53. The Morgan fingerprint density at radius 1 is 1.17 bits per heavy atom. The topological polar surface area (TPSA) is 64.9 Å². The van der Waals surface area contributed by atoms with Crippen molar-refractivity contribution < 1.29 is 23.1 Å². The lowest BCUT2D eigenvalue weighted by atomic mass is 10.1. The van der Waals surface area contributed by atoms with Gasteiger partial charge in [0.25, 0.3) is 5.91 Å². The van der Waals surface area contributed by atoms with Crippen molar-refractivity contribution >= 4 is 17.9 Å². The maximum Gasteiger partial charge on any atom is 0.416 e. The summed E-state index contributed by atoms with van der Waals surface area (Å²) >= 11 is 0. The van der Waals surface area contributed by atoms with E-state index in [1.807, 2.05) is 18.2 Å². The Morgan fingerprint density at radius 2 is 1.93 bits per heavy atom. The van der Waals surface area contributed by atoms with Gasteiger partial charge in [0, 0.05) is 25.1 Å². The summed E-state index contributed by atoms with van der Waals surface area (Å²) in [5.41, 5.74) is 1.33. The zero-order chi connectivity index (χ0) is 21.3. The second-order valence-electron chi connectivity index (χ2n) is 7.67. The molecule has 2 N–H and O–H groups in total. The largest absolute Gasteiger partial charge is 0.416 e. The first kappa shape index (κ1) is 20.4. The second-order valence-corrected chi connectivity index (χ2v) is 7.67. The predicted octanol–water partition coefficient (Wildman–Crippen LogP) is 3.85. The van der Waals surface area contributed by atoms with E-state index in [0.717, 1.165) is 49.2 Å². The molecule has 0 saturated carbocycles. The summed E-state index contributed by atoms with van der Waals surface area (Å²) in [6.07, 6.45) is -0.932. The Labute approximate surface area is 172 Å². The first-order valence-electron chi connectivity index (χ1n) is 9.88. The van der Waals surface area contributed by atoms with E-state index in [9.17, 15) is 23.1 Å². The number of carbonyl (C=O) groups excluding carboxylic acids is 1. The molecule has 0 radical (unpaired) electrons. The van der Waals surface area contributed by atoms with E-state index < -0.39 is 29.8 Å². The molecule has 2 aromatic rings. The fourth-order valence-corrected chi connectivity index (χ4v) is 3.93. The van der Waals surface area contributed by atoms with Gasteiger partial charge >= 0.3 is 6.18 Å². The van der Waals surface area contributed by atoms with Gasteiger partial charge in [0.2, 0.25) is 0 Å². The van der Waals surface area contributed by atoms with Gasteiger partial charge in [-0.2, -0.15) is 13.2 Å². The number of aliphatic imine (C=N–C) groups is 1. The van der Waals surface area contributed by atoms with E-state index in [4.69, 9.17) is 0 Å². The van der Waals surface area contributed by atoms with Crippen LogP contribution in [0.3, 0.4) is 0 Å². The number of benzene rings is 2. The van der Waals surface area contributed by atoms with Gasteiger partial charge in [-0.05, 0) is 54.3 Å². The molecule has 1 fully saturated rings. The number of fused-ring (bicyclic) bond motifs is 1. The van der Waals surface area contributed by atoms with Crippen LogP contribution in [-0.4, -0.2) is 41.4 Å². The molecule has 4 rings (SSSR count). The molecule has 1 aliphatic carbocycles. The van der Waals surface area contributed by atoms with Gasteiger partial charge in [-0.25, -0.2) is 4.99 Å². The minimum atomic E-state index is -4.53. The number of nitrogens with zero attached hydrogens (tertiary/aromatic N) is 2. The van der Waals surface area contributed by atoms with Crippen molar-refractivity contribution in [3.63, 3.8) is 0 Å². The number of hydrogen-bond donors (Lipinski definition) is 2. The van der Waals surface area contributed by atoms with Gasteiger partial charge in [0.05, 0.1) is 29.7 Å². The minimum Gasteiger partial charge on any atom is -0.390 e. The molecule has 0 spiro atoms. The number of aliphatic hydroxyl groups is 1. The molecule has 0 bridgehead atoms. The highest BCUT2D eigenvalue weighted by Gasteiger charge is 2.34. The summed E-state index contributed by atoms with van der Waals surface area (Å²) in [5.74, 6) is -0.663. The Balaban J connectivity index is 1.53. The number of aliphatic hydroxyl groups excluding tert-OH is 1. The summed E-state index contributed by atoms with van der Waals surface area (Å²) in [6.45, 7) is 1.95. The number of halogens is 3. The van der Waals surface area contributed by atoms with Crippen molar-refractivity contribution in [1.82, 2.24) is 10.2 Å². The molecule has 158 valence electrons. The van der Waals surface area contributed by atoms with Crippen molar-refractivity contribution in [2.24, 2.45) is 4.99 Å². The Kier molecular flexibility index (Phi) is 5.51. The van der Waals surface area contributed by atoms with Crippen LogP contribution < -0.4 is 5.32 Å². The number of carbonyl (C=O) groups is 1. The van der Waals surface area contributed by atoms with Crippen molar-refractivity contribution in [3.8, 4) is 0 Å². The van der Waals surface area contributed by atoms with Crippen LogP contribution in [0, 0.1) is 0 Å². The van der Waals surface area contributed by atoms with Crippen molar-refractivity contribution in [2.75, 3.05) is 13.1 Å². The molecule has 2 atom stereocenters. The normalized spacial score (nSPS) is 21.3. The van der Waals surface area contributed by atoms with E-state index in [2.05, 4.69) is 15.2 Å². The Morgan fingerprint density at radius 3 is 2.67 bits per heavy atom. The summed E-state index contributed by atoms with van der Waals surface area (Å²) in [4.78, 5) is 19.2. The molecule has 30 heavy (non-hydrogen) atoms. The van der Waals surface area contributed by atoms with E-state index in [-0.39, 0.29) is 5.56 Å². The van der Waals surface area contributed by atoms with Crippen LogP contribution in [0.4, 0.5) is 18.9 Å². The first-order valence-corrected chi connectivity index (χ1v) is 9.88. The lowest BCUT2D eigenvalue weighted by molar-refractivity contribution is -0.137. The quantitative estimate of drug-likeness (QED) is 0.587. The van der Waals surface area contributed by atoms with E-state index in [0.29, 0.717) is 12.1 Å². The highest BCUT2D eigenvalue weighted by Crippen LogP contribution is 2.35. The fraction of sp³-hybridized carbons (Fsp3) is 0.364. The predicted molar refractivity (Wildman–Crippen MR) is 107 cm³/mol. The highest BCUT2D eigenvalue weighted by molar-refractivity contribution is 5.94. The van der Waals surface area contributed by atoms with Gasteiger partial charge in [0.15, 0.2) is 0 Å². The zero-order valence-corrected chi connectivity index (χ0v) is 16.2. The van der Waals surface area contributed by atoms with Crippen LogP contribution in [0.15, 0.2) is 47.5 Å². The van der Waals surface area contributed by atoms with Crippen molar-refractivity contribution in [1.29, 1.82) is 0 Å². The second kappa shape index (κ2) is 8.10. The number of amides is 1. The van der Waals surface area contributed by atoms with E-state index in [1.165, 1.54) is 12.1 Å². The lowest BCUT2D eigenvalue weighted by Crippen LogP contribution is -2.34. The standard InChI is InChI=1S/C22H22F3N3O2/c23-22(24,25)16-5-3-4-15(10-16)21(30)27-20-18-12-17(7-6-14(18)11-19(20)29)26-13-28-8-1-2-9-28/h3-7,10,12-13,19-20,29H,1-2,8-9,11H2,(H,27,30). The maximum atomic E-state index is 12.9. The summed E-state index contributed by atoms with van der Waals surface area (Å²) in [6, 6.07) is 9.08. The molecule has 5 nitrogen and oxygen atoms in total. The molecule has 1 amide bonds. The summed E-state index contributed by atoms with van der Waals surface area (Å²) in [5, 5.41) is 13.1. The first-order chi connectivity index (χ1) is 14.3. The average molecular weight is 417 g/mol. The maximum absolute atomic E-state index is 12.9. The Hall–Kier alpha value is -2.87. The number of alkyl halides is 3. The van der Waals surface area contributed by atoms with Crippen molar-refractivity contribution in [2.45, 2.75) is 37.6 Å². The molecule has 1 heterocycles. The fourth-order valence-electron chi connectivity index (χ4n) is 3.93. The SMILES string of the molecule is O=C(NC1c2cc(N=CN3CCCC3)ccc2CC1O)c1cccc(C(F)(F)F)c1. The molecule has 2 aliphatic rings. The minimum absolute atomic E-state index is 0.103. The van der Waals surface area contributed by atoms with Crippen LogP contribution in [0.2, 0.25) is 0 Å². The number of likely N-dealkylation sites (tertiary alicyclic amines) is 1. The third-order valence-corrected chi connectivity index (χ3v) is 5.53. The third kappa shape index (κ3) is 4.33. The van der Waals surface area contributed by atoms with E-state index in [1.54, 1.807) is 6.34 Å². The molecular formula is C22H22F3N3O2. The molecule has 1 saturated heterocycles. The molecule has 2 aromatic carbocycles. The molecule has 1 aliphatic heterocycles. The summed E-state index contributed by atoms with van der Waals surface area (Å²) < 4.78 is 38.8. The zero-order valence-electron chi connectivity index (χ0n) is 16.2. The van der Waals surface area contributed by atoms with Crippen molar-refractivity contribution in [3.05, 3.63) is 64.7 Å². The Bertz CT molecular complexity index is 968. The van der Waals surface area contributed by atoms with Crippen LogP contribution >= 0.6 is 0 Å². The van der Waals surface area contributed by atoms with Gasteiger partial charge < -0.3 is 15.3 Å². The van der Waals surface area contributed by atoms with Gasteiger partial charge in [-0.3, -0.25) is 4.79 Å². The number of nitrogens with one attached hydrogen (secondary N) is 1. The molecule has 0 aromatic heterocycles. The molecule has 8 heteroatoms. The van der Waals surface area contributed by atoms with E-state index >= 15 is 0 Å². The number of hydrogen-bond acceptors (Lipinski definition) is 3. The molecular weight excluding hydrogens is 395 g/mol. The monoisotopic (exact) mass is 417 g/mol. The van der Waals surface area contributed by atoms with Crippen LogP contribution in [0.1, 0.15) is 45.9 Å². The molecule has 2 unspecified atom stereocenters. The van der Waals surface area contributed by atoms with Crippen LogP contribution in [0.25, 0.3) is 0 Å².